The minimum atomic E-state index is 0.0191. The summed E-state index contributed by atoms with van der Waals surface area (Å²) in [6.45, 7) is 2.15. The molecule has 1 aromatic heterocycles. The summed E-state index contributed by atoms with van der Waals surface area (Å²) >= 11 is 0. The summed E-state index contributed by atoms with van der Waals surface area (Å²) in [7, 11) is 0. The van der Waals surface area contributed by atoms with Gasteiger partial charge in [-0.2, -0.15) is 10.4 Å². The maximum absolute atomic E-state index is 11.1. The molecule has 0 saturated carbocycles. The van der Waals surface area contributed by atoms with E-state index in [1.54, 1.807) is 17.1 Å². The van der Waals surface area contributed by atoms with Crippen LogP contribution in [0.5, 0.6) is 0 Å². The van der Waals surface area contributed by atoms with Gasteiger partial charge in [-0.25, -0.2) is 0 Å². The third-order valence-corrected chi connectivity index (χ3v) is 2.69. The fourth-order valence-electron chi connectivity index (χ4n) is 1.67. The van der Waals surface area contributed by atoms with Gasteiger partial charge in [-0.15, -0.1) is 0 Å². The zero-order chi connectivity index (χ0) is 13.0. The summed E-state index contributed by atoms with van der Waals surface area (Å²) in [5, 5.41) is 12.7. The van der Waals surface area contributed by atoms with Crippen molar-refractivity contribution in [2.45, 2.75) is 19.9 Å². The molecule has 0 spiro atoms. The van der Waals surface area contributed by atoms with Gasteiger partial charge in [0.1, 0.15) is 0 Å². The molecule has 0 N–H and O–H groups in total. The number of nitriles is 1. The summed E-state index contributed by atoms with van der Waals surface area (Å²) in [5.41, 5.74) is 2.72. The van der Waals surface area contributed by atoms with Crippen LogP contribution in [0.1, 0.15) is 28.4 Å². The molecule has 0 atom stereocenters. The summed E-state index contributed by atoms with van der Waals surface area (Å²) in [6.07, 6.45) is 3.74. The molecule has 0 aliphatic heterocycles. The monoisotopic (exact) mass is 239 g/mol. The van der Waals surface area contributed by atoms with Gasteiger partial charge in [-0.3, -0.25) is 9.48 Å². The van der Waals surface area contributed by atoms with Gasteiger partial charge in [-0.1, -0.05) is 24.3 Å². The van der Waals surface area contributed by atoms with Gasteiger partial charge in [0.2, 0.25) is 0 Å². The molecule has 0 fully saturated rings. The van der Waals surface area contributed by atoms with Crippen molar-refractivity contribution in [3.63, 3.8) is 0 Å². The topological polar surface area (TPSA) is 58.7 Å². The van der Waals surface area contributed by atoms with Crippen LogP contribution in [0.25, 0.3) is 0 Å². The average Bonchev–Trinajstić information content (AvgIpc) is 2.81. The molecular formula is C14H13N3O. The smallest absolute Gasteiger partial charge is 0.162 e. The highest BCUT2D eigenvalue weighted by atomic mass is 16.1. The first kappa shape index (κ1) is 12.1. The van der Waals surface area contributed by atoms with Crippen molar-refractivity contribution in [2.75, 3.05) is 0 Å². The van der Waals surface area contributed by atoms with Gasteiger partial charge in [-0.05, 0) is 18.1 Å². The van der Waals surface area contributed by atoms with Crippen molar-refractivity contribution in [3.8, 4) is 6.07 Å². The van der Waals surface area contributed by atoms with Crippen LogP contribution in [0, 0.1) is 11.3 Å². The van der Waals surface area contributed by atoms with E-state index >= 15 is 0 Å². The number of ketones is 1. The van der Waals surface area contributed by atoms with E-state index in [1.807, 2.05) is 24.3 Å². The van der Waals surface area contributed by atoms with Crippen LogP contribution in [-0.4, -0.2) is 15.6 Å². The molecular weight excluding hydrogens is 226 g/mol. The van der Waals surface area contributed by atoms with E-state index in [1.165, 1.54) is 6.92 Å². The molecule has 2 aromatic rings. The summed E-state index contributed by atoms with van der Waals surface area (Å²) in [5.74, 6) is 0.0191. The Bertz CT molecular complexity index is 590. The molecule has 0 aliphatic rings. The second kappa shape index (κ2) is 5.28. The number of hydrogen-bond donors (Lipinski definition) is 0. The molecule has 90 valence electrons. The zero-order valence-electron chi connectivity index (χ0n) is 10.1. The minimum Gasteiger partial charge on any atom is -0.294 e. The van der Waals surface area contributed by atoms with Crippen molar-refractivity contribution < 1.29 is 4.79 Å². The molecule has 1 aromatic carbocycles. The Morgan fingerprint density at radius 2 is 2.00 bits per heavy atom. The van der Waals surface area contributed by atoms with Crippen LogP contribution >= 0.6 is 0 Å². The number of aromatic nitrogens is 2. The lowest BCUT2D eigenvalue weighted by atomic mass is 10.1. The van der Waals surface area contributed by atoms with Crippen LogP contribution in [0.2, 0.25) is 0 Å². The highest BCUT2D eigenvalue weighted by molar-refractivity contribution is 5.93. The number of nitrogens with zero attached hydrogens (tertiary/aromatic N) is 3. The lowest BCUT2D eigenvalue weighted by Gasteiger charge is -2.02. The van der Waals surface area contributed by atoms with Crippen LogP contribution in [0.15, 0.2) is 36.7 Å². The van der Waals surface area contributed by atoms with E-state index in [0.29, 0.717) is 18.5 Å². The van der Waals surface area contributed by atoms with E-state index in [0.717, 1.165) is 11.1 Å². The van der Waals surface area contributed by atoms with Crippen LogP contribution < -0.4 is 0 Å². The van der Waals surface area contributed by atoms with Crippen LogP contribution in [-0.2, 0) is 13.0 Å². The Morgan fingerprint density at radius 1 is 1.33 bits per heavy atom. The molecule has 0 amide bonds. The number of carbonyl (C=O) groups excluding carboxylic acids is 1. The number of hydrogen-bond acceptors (Lipinski definition) is 3. The molecule has 2 rings (SSSR count). The van der Waals surface area contributed by atoms with Gasteiger partial charge < -0.3 is 0 Å². The predicted octanol–water partition coefficient (Wildman–Crippen LogP) is 2.20. The molecule has 0 saturated heterocycles. The Hall–Kier alpha value is -2.41. The largest absolute Gasteiger partial charge is 0.294 e. The first-order valence-electron chi connectivity index (χ1n) is 5.67. The zero-order valence-corrected chi connectivity index (χ0v) is 10.1. The number of rotatable bonds is 4. The van der Waals surface area contributed by atoms with Gasteiger partial charge in [0.15, 0.2) is 5.78 Å². The predicted molar refractivity (Wildman–Crippen MR) is 67.1 cm³/mol. The first-order chi connectivity index (χ1) is 8.69. The second-order valence-electron chi connectivity index (χ2n) is 4.13. The van der Waals surface area contributed by atoms with Crippen LogP contribution in [0.4, 0.5) is 0 Å². The molecule has 0 unspecified atom stereocenters. The van der Waals surface area contributed by atoms with E-state index < -0.39 is 0 Å². The van der Waals surface area contributed by atoms with Crippen LogP contribution in [0.3, 0.4) is 0 Å². The number of carbonyl (C=O) groups is 1. The van der Waals surface area contributed by atoms with Crippen molar-refractivity contribution in [1.29, 1.82) is 5.26 Å². The molecule has 4 nitrogen and oxygen atoms in total. The fourth-order valence-corrected chi connectivity index (χ4v) is 1.67. The summed E-state index contributed by atoms with van der Waals surface area (Å²) in [4.78, 5) is 11.1. The van der Waals surface area contributed by atoms with E-state index in [4.69, 9.17) is 5.26 Å². The van der Waals surface area contributed by atoms with Crippen molar-refractivity contribution in [2.24, 2.45) is 0 Å². The maximum atomic E-state index is 11.1. The lowest BCUT2D eigenvalue weighted by molar-refractivity contribution is 0.101. The Morgan fingerprint density at radius 3 is 2.56 bits per heavy atom. The summed E-state index contributed by atoms with van der Waals surface area (Å²) < 4.78 is 1.73. The quantitative estimate of drug-likeness (QED) is 0.768. The van der Waals surface area contributed by atoms with Gasteiger partial charge in [0.05, 0.1) is 30.8 Å². The van der Waals surface area contributed by atoms with Crippen molar-refractivity contribution >= 4 is 5.78 Å². The molecule has 18 heavy (non-hydrogen) atoms. The standard InChI is InChI=1S/C14H13N3O/c1-11(18)14-8-16-17(10-14)9-13-4-2-12(3-5-13)6-7-15/h2-5,8,10H,6,9H2,1H3. The average molecular weight is 239 g/mol. The normalized spacial score (nSPS) is 10.0. The first-order valence-corrected chi connectivity index (χ1v) is 5.67. The minimum absolute atomic E-state index is 0.0191. The van der Waals surface area contributed by atoms with E-state index in [2.05, 4.69) is 11.2 Å². The van der Waals surface area contributed by atoms with Gasteiger partial charge >= 0.3 is 0 Å². The molecule has 4 heteroatoms. The number of Topliss-reactive ketones (excluding diaryl/α,β-unsaturated/α-hetero) is 1. The van der Waals surface area contributed by atoms with E-state index in [-0.39, 0.29) is 5.78 Å². The highest BCUT2D eigenvalue weighted by Crippen LogP contribution is 2.07. The fraction of sp³-hybridized carbons (Fsp3) is 0.214. The lowest BCUT2D eigenvalue weighted by Crippen LogP contribution is -2.00. The highest BCUT2D eigenvalue weighted by Gasteiger charge is 2.03. The van der Waals surface area contributed by atoms with Gasteiger partial charge in [0.25, 0.3) is 0 Å². The van der Waals surface area contributed by atoms with E-state index in [9.17, 15) is 4.79 Å². The molecule has 0 bridgehead atoms. The molecule has 0 radical (unpaired) electrons. The maximum Gasteiger partial charge on any atom is 0.162 e. The molecule has 1 heterocycles. The summed E-state index contributed by atoms with van der Waals surface area (Å²) in [6, 6.07) is 9.94. The van der Waals surface area contributed by atoms with Crippen molar-refractivity contribution in [3.05, 3.63) is 53.3 Å². The molecule has 0 aliphatic carbocycles. The second-order valence-corrected chi connectivity index (χ2v) is 4.13. The van der Waals surface area contributed by atoms with Gasteiger partial charge in [0, 0.05) is 6.20 Å². The Kier molecular flexibility index (Phi) is 3.54. The Balaban J connectivity index is 2.08. The third kappa shape index (κ3) is 2.83. The SMILES string of the molecule is CC(=O)c1cnn(Cc2ccc(CC#N)cc2)c1. The third-order valence-electron chi connectivity index (χ3n) is 2.69. The Labute approximate surface area is 105 Å². The van der Waals surface area contributed by atoms with Crippen molar-refractivity contribution in [1.82, 2.24) is 9.78 Å². The number of benzene rings is 1.